The highest BCUT2D eigenvalue weighted by Gasteiger charge is 2.26. The number of nitrogens with one attached hydrogen (secondary N) is 1. The number of hydrogen-bond donors (Lipinski definition) is 1. The van der Waals surface area contributed by atoms with E-state index in [0.717, 1.165) is 24.8 Å². The van der Waals surface area contributed by atoms with Crippen LogP contribution in [0.3, 0.4) is 0 Å². The number of carbonyl (C=O) groups excluding carboxylic acids is 2. The van der Waals surface area contributed by atoms with Crippen molar-refractivity contribution >= 4 is 35.1 Å². The molecule has 26 heavy (non-hydrogen) atoms. The van der Waals surface area contributed by atoms with Gasteiger partial charge in [0.05, 0.1) is 16.6 Å². The third-order valence-electron chi connectivity index (χ3n) is 4.49. The van der Waals surface area contributed by atoms with E-state index in [-0.39, 0.29) is 22.5 Å². The molecule has 0 bridgehead atoms. The van der Waals surface area contributed by atoms with Gasteiger partial charge in [-0.05, 0) is 55.5 Å². The third-order valence-corrected chi connectivity index (χ3v) is 5.04. The number of amides is 1. The fourth-order valence-electron chi connectivity index (χ4n) is 3.13. The molecule has 0 unspecified atom stereocenters. The van der Waals surface area contributed by atoms with Crippen LogP contribution in [0.2, 0.25) is 10.0 Å². The molecule has 6 heteroatoms. The van der Waals surface area contributed by atoms with Gasteiger partial charge in [0.15, 0.2) is 6.10 Å². The van der Waals surface area contributed by atoms with Gasteiger partial charge in [-0.1, -0.05) is 47.5 Å². The first-order chi connectivity index (χ1) is 12.5. The lowest BCUT2D eigenvalue weighted by molar-refractivity contribution is -0.130. The van der Waals surface area contributed by atoms with E-state index in [2.05, 4.69) is 11.4 Å². The minimum absolute atomic E-state index is 0.0623. The molecule has 0 spiro atoms. The summed E-state index contributed by atoms with van der Waals surface area (Å²) in [5.74, 6) is -0.983. The molecule has 2 aromatic carbocycles. The molecule has 4 nitrogen and oxygen atoms in total. The summed E-state index contributed by atoms with van der Waals surface area (Å²) < 4.78 is 5.27. The molecule has 1 amide bonds. The summed E-state index contributed by atoms with van der Waals surface area (Å²) in [6.07, 6.45) is 1.97. The maximum atomic E-state index is 12.5. The fourth-order valence-corrected chi connectivity index (χ4v) is 3.61. The van der Waals surface area contributed by atoms with Gasteiger partial charge in [0, 0.05) is 5.02 Å². The van der Waals surface area contributed by atoms with Gasteiger partial charge >= 0.3 is 5.97 Å². The SMILES string of the molecule is C[C@H](OC(=O)c1ccc(Cl)cc1Cl)C(=O)N[C@H]1CCCc2ccccc21. The first-order valence-corrected chi connectivity index (χ1v) is 9.25. The Labute approximate surface area is 162 Å². The van der Waals surface area contributed by atoms with Crippen LogP contribution >= 0.6 is 23.2 Å². The summed E-state index contributed by atoms with van der Waals surface area (Å²) in [4.78, 5) is 24.7. The topological polar surface area (TPSA) is 55.4 Å². The van der Waals surface area contributed by atoms with Crippen molar-refractivity contribution < 1.29 is 14.3 Å². The van der Waals surface area contributed by atoms with Gasteiger partial charge in [0.25, 0.3) is 5.91 Å². The van der Waals surface area contributed by atoms with Crippen molar-refractivity contribution in [1.82, 2.24) is 5.32 Å². The van der Waals surface area contributed by atoms with Crippen molar-refractivity contribution in [3.63, 3.8) is 0 Å². The van der Waals surface area contributed by atoms with Crippen LogP contribution in [0.1, 0.15) is 47.3 Å². The Bertz CT molecular complexity index is 838. The van der Waals surface area contributed by atoms with Crippen LogP contribution in [0, 0.1) is 0 Å². The summed E-state index contributed by atoms with van der Waals surface area (Å²) in [6.45, 7) is 1.55. The van der Waals surface area contributed by atoms with E-state index in [9.17, 15) is 9.59 Å². The molecule has 0 aliphatic heterocycles. The maximum Gasteiger partial charge on any atom is 0.340 e. The van der Waals surface area contributed by atoms with Crippen molar-refractivity contribution in [1.29, 1.82) is 0 Å². The highest BCUT2D eigenvalue weighted by Crippen LogP contribution is 2.29. The second kappa shape index (κ2) is 8.11. The number of carbonyl (C=O) groups is 2. The Hall–Kier alpha value is -2.04. The standard InChI is InChI=1S/C20H19Cl2NO3/c1-12(26-20(25)16-10-9-14(21)11-17(16)22)19(24)23-18-8-4-6-13-5-2-3-7-15(13)18/h2-3,5,7,9-12,18H,4,6,8H2,1H3,(H,23,24)/t12-,18-/m0/s1. The van der Waals surface area contributed by atoms with Gasteiger partial charge in [-0.2, -0.15) is 0 Å². The van der Waals surface area contributed by atoms with Crippen LogP contribution in [0.5, 0.6) is 0 Å². The molecule has 2 atom stereocenters. The van der Waals surface area contributed by atoms with Crippen LogP contribution in [0.25, 0.3) is 0 Å². The average Bonchev–Trinajstić information content (AvgIpc) is 2.61. The molecule has 0 fully saturated rings. The number of esters is 1. The number of benzene rings is 2. The molecular weight excluding hydrogens is 373 g/mol. The van der Waals surface area contributed by atoms with E-state index < -0.39 is 12.1 Å². The number of aryl methyl sites for hydroxylation is 1. The van der Waals surface area contributed by atoms with Gasteiger partial charge in [0.2, 0.25) is 0 Å². The fraction of sp³-hybridized carbons (Fsp3) is 0.300. The molecule has 2 aromatic rings. The number of rotatable bonds is 4. The number of ether oxygens (including phenoxy) is 1. The van der Waals surface area contributed by atoms with E-state index >= 15 is 0 Å². The quantitative estimate of drug-likeness (QED) is 0.766. The maximum absolute atomic E-state index is 12.5. The zero-order valence-electron chi connectivity index (χ0n) is 14.3. The second-order valence-electron chi connectivity index (χ2n) is 6.32. The lowest BCUT2D eigenvalue weighted by Crippen LogP contribution is -2.39. The highest BCUT2D eigenvalue weighted by molar-refractivity contribution is 6.36. The molecule has 0 saturated heterocycles. The molecule has 1 N–H and O–H groups in total. The predicted octanol–water partition coefficient (Wildman–Crippen LogP) is 4.73. The molecular formula is C20H19Cl2NO3. The summed E-state index contributed by atoms with van der Waals surface area (Å²) in [5.41, 5.74) is 2.56. The number of fused-ring (bicyclic) bond motifs is 1. The molecule has 0 radical (unpaired) electrons. The summed E-state index contributed by atoms with van der Waals surface area (Å²) in [7, 11) is 0. The second-order valence-corrected chi connectivity index (χ2v) is 7.17. The predicted molar refractivity (Wildman–Crippen MR) is 102 cm³/mol. The van der Waals surface area contributed by atoms with Gasteiger partial charge in [-0.25, -0.2) is 4.79 Å². The first kappa shape index (κ1) is 18.7. The Balaban J connectivity index is 1.64. The molecule has 0 aromatic heterocycles. The minimum Gasteiger partial charge on any atom is -0.449 e. The largest absolute Gasteiger partial charge is 0.449 e. The summed E-state index contributed by atoms with van der Waals surface area (Å²) >= 11 is 11.8. The molecule has 0 heterocycles. The van der Waals surface area contributed by atoms with Gasteiger partial charge in [-0.15, -0.1) is 0 Å². The first-order valence-electron chi connectivity index (χ1n) is 8.50. The van der Waals surface area contributed by atoms with Crippen LogP contribution < -0.4 is 5.32 Å². The minimum atomic E-state index is -0.927. The molecule has 3 rings (SSSR count). The van der Waals surface area contributed by atoms with Crippen LogP contribution in [-0.4, -0.2) is 18.0 Å². The number of halogens is 2. The molecule has 1 aliphatic carbocycles. The van der Waals surface area contributed by atoms with E-state index in [1.807, 2.05) is 18.2 Å². The molecule has 1 aliphatic rings. The summed E-state index contributed by atoms with van der Waals surface area (Å²) in [5, 5.41) is 3.60. The lowest BCUT2D eigenvalue weighted by atomic mass is 9.87. The van der Waals surface area contributed by atoms with Crippen molar-refractivity contribution in [3.05, 3.63) is 69.2 Å². The van der Waals surface area contributed by atoms with Crippen LogP contribution in [-0.2, 0) is 16.0 Å². The Kier molecular flexibility index (Phi) is 5.84. The van der Waals surface area contributed by atoms with Gasteiger partial charge in [-0.3, -0.25) is 4.79 Å². The zero-order chi connectivity index (χ0) is 18.7. The van der Waals surface area contributed by atoms with Crippen LogP contribution in [0.15, 0.2) is 42.5 Å². The smallest absolute Gasteiger partial charge is 0.340 e. The van der Waals surface area contributed by atoms with E-state index in [0.29, 0.717) is 5.02 Å². The van der Waals surface area contributed by atoms with Gasteiger partial charge in [0.1, 0.15) is 0 Å². The Morgan fingerprint density at radius 2 is 1.96 bits per heavy atom. The van der Waals surface area contributed by atoms with Crippen LogP contribution in [0.4, 0.5) is 0 Å². The average molecular weight is 392 g/mol. The Morgan fingerprint density at radius 1 is 1.19 bits per heavy atom. The van der Waals surface area contributed by atoms with Crippen molar-refractivity contribution in [2.24, 2.45) is 0 Å². The third kappa shape index (κ3) is 4.19. The van der Waals surface area contributed by atoms with E-state index in [1.165, 1.54) is 17.7 Å². The normalized spacial score (nSPS) is 17.1. The molecule has 0 saturated carbocycles. The lowest BCUT2D eigenvalue weighted by Gasteiger charge is -2.27. The van der Waals surface area contributed by atoms with Crippen molar-refractivity contribution in [3.8, 4) is 0 Å². The van der Waals surface area contributed by atoms with Crippen molar-refractivity contribution in [2.45, 2.75) is 38.3 Å². The van der Waals surface area contributed by atoms with E-state index in [1.54, 1.807) is 13.0 Å². The monoisotopic (exact) mass is 391 g/mol. The Morgan fingerprint density at radius 3 is 2.73 bits per heavy atom. The highest BCUT2D eigenvalue weighted by atomic mass is 35.5. The zero-order valence-corrected chi connectivity index (χ0v) is 15.8. The molecule has 136 valence electrons. The number of hydrogen-bond acceptors (Lipinski definition) is 3. The summed E-state index contributed by atoms with van der Waals surface area (Å²) in [6, 6.07) is 12.5. The van der Waals surface area contributed by atoms with Gasteiger partial charge < -0.3 is 10.1 Å². The van der Waals surface area contributed by atoms with E-state index in [4.69, 9.17) is 27.9 Å². The van der Waals surface area contributed by atoms with Crippen molar-refractivity contribution in [2.75, 3.05) is 0 Å².